The summed E-state index contributed by atoms with van der Waals surface area (Å²) in [5.74, 6) is 2.01. The molecule has 0 atom stereocenters. The molecule has 0 aliphatic carbocycles. The summed E-state index contributed by atoms with van der Waals surface area (Å²) in [6.45, 7) is 9.69. The maximum atomic E-state index is 9.59. The predicted molar refractivity (Wildman–Crippen MR) is 71.6 cm³/mol. The number of benzene rings is 1. The summed E-state index contributed by atoms with van der Waals surface area (Å²) in [6.07, 6.45) is 0. The molecule has 1 N–H and O–H groups in total. The Balaban J connectivity index is 2.61. The first-order chi connectivity index (χ1) is 8.47. The van der Waals surface area contributed by atoms with Crippen LogP contribution >= 0.6 is 0 Å². The molecule has 0 fully saturated rings. The van der Waals surface area contributed by atoms with Gasteiger partial charge in [-0.05, 0) is 17.5 Å². The van der Waals surface area contributed by atoms with Crippen molar-refractivity contribution in [3.05, 3.63) is 23.3 Å². The van der Waals surface area contributed by atoms with Crippen molar-refractivity contribution in [2.75, 3.05) is 19.8 Å². The minimum Gasteiger partial charge on any atom is -0.486 e. The van der Waals surface area contributed by atoms with Crippen molar-refractivity contribution in [3.8, 4) is 11.5 Å². The van der Waals surface area contributed by atoms with E-state index >= 15 is 0 Å². The van der Waals surface area contributed by atoms with E-state index in [0.29, 0.717) is 19.1 Å². The van der Waals surface area contributed by atoms with Crippen LogP contribution in [-0.4, -0.2) is 24.9 Å². The van der Waals surface area contributed by atoms with Crippen LogP contribution in [0.15, 0.2) is 12.1 Å². The highest BCUT2D eigenvalue weighted by Crippen LogP contribution is 2.43. The molecule has 0 bridgehead atoms. The van der Waals surface area contributed by atoms with E-state index in [-0.39, 0.29) is 12.0 Å². The van der Waals surface area contributed by atoms with Gasteiger partial charge < -0.3 is 14.6 Å². The first kappa shape index (κ1) is 13.2. The van der Waals surface area contributed by atoms with E-state index in [1.807, 2.05) is 19.9 Å². The molecule has 0 aromatic heterocycles. The highest BCUT2D eigenvalue weighted by Gasteiger charge is 2.29. The molecule has 1 aromatic carbocycles. The van der Waals surface area contributed by atoms with E-state index in [1.54, 1.807) is 0 Å². The molecule has 0 saturated carbocycles. The smallest absolute Gasteiger partial charge is 0.165 e. The molecule has 2 rings (SSSR count). The maximum absolute atomic E-state index is 9.59. The summed E-state index contributed by atoms with van der Waals surface area (Å²) in [7, 11) is 0. The van der Waals surface area contributed by atoms with Gasteiger partial charge in [0, 0.05) is 11.0 Å². The van der Waals surface area contributed by atoms with E-state index in [1.165, 1.54) is 0 Å². The Kier molecular flexibility index (Phi) is 3.53. The summed E-state index contributed by atoms with van der Waals surface area (Å²) in [5, 5.41) is 9.59. The number of rotatable bonds is 3. The summed E-state index contributed by atoms with van der Waals surface area (Å²) < 4.78 is 11.4. The molecule has 1 aliphatic rings. The Hall–Kier alpha value is -1.22. The SMILES string of the molecule is CC(C)c1c(C(C)(C)CO)ccc2c1OCCO2. The molecule has 3 heteroatoms. The van der Waals surface area contributed by atoms with Crippen LogP contribution in [0, 0.1) is 0 Å². The third kappa shape index (κ3) is 2.19. The van der Waals surface area contributed by atoms with Gasteiger partial charge >= 0.3 is 0 Å². The van der Waals surface area contributed by atoms with Crippen LogP contribution in [0.25, 0.3) is 0 Å². The zero-order chi connectivity index (χ0) is 13.3. The lowest BCUT2D eigenvalue weighted by Crippen LogP contribution is -2.26. The van der Waals surface area contributed by atoms with Crippen LogP contribution in [0.1, 0.15) is 44.7 Å². The predicted octanol–water partition coefficient (Wildman–Crippen LogP) is 2.85. The molecule has 0 saturated heterocycles. The minimum atomic E-state index is -0.268. The Morgan fingerprint density at radius 2 is 1.89 bits per heavy atom. The van der Waals surface area contributed by atoms with Crippen molar-refractivity contribution in [1.82, 2.24) is 0 Å². The Morgan fingerprint density at radius 1 is 1.22 bits per heavy atom. The van der Waals surface area contributed by atoms with Crippen molar-refractivity contribution in [2.45, 2.75) is 39.0 Å². The Labute approximate surface area is 109 Å². The molecular formula is C15H22O3. The van der Waals surface area contributed by atoms with Crippen LogP contribution in [0.4, 0.5) is 0 Å². The van der Waals surface area contributed by atoms with Gasteiger partial charge in [-0.2, -0.15) is 0 Å². The molecule has 18 heavy (non-hydrogen) atoms. The standard InChI is InChI=1S/C15H22O3/c1-10(2)13-11(15(3,4)9-16)5-6-12-14(13)18-8-7-17-12/h5-6,10,16H,7-9H2,1-4H3. The minimum absolute atomic E-state index is 0.117. The molecular weight excluding hydrogens is 228 g/mol. The molecule has 0 unspecified atom stereocenters. The van der Waals surface area contributed by atoms with E-state index in [0.717, 1.165) is 22.6 Å². The zero-order valence-electron chi connectivity index (χ0n) is 11.6. The number of hydrogen-bond donors (Lipinski definition) is 1. The van der Waals surface area contributed by atoms with E-state index in [4.69, 9.17) is 9.47 Å². The van der Waals surface area contributed by atoms with Crippen molar-refractivity contribution >= 4 is 0 Å². The fourth-order valence-corrected chi connectivity index (χ4v) is 2.39. The van der Waals surface area contributed by atoms with Crippen LogP contribution < -0.4 is 9.47 Å². The molecule has 3 nitrogen and oxygen atoms in total. The van der Waals surface area contributed by atoms with E-state index in [9.17, 15) is 5.11 Å². The largest absolute Gasteiger partial charge is 0.486 e. The van der Waals surface area contributed by atoms with Crippen LogP contribution in [0.2, 0.25) is 0 Å². The van der Waals surface area contributed by atoms with Gasteiger partial charge in [-0.15, -0.1) is 0 Å². The zero-order valence-corrected chi connectivity index (χ0v) is 11.6. The van der Waals surface area contributed by atoms with Crippen molar-refractivity contribution in [1.29, 1.82) is 0 Å². The van der Waals surface area contributed by atoms with Gasteiger partial charge in [0.1, 0.15) is 13.2 Å². The molecule has 1 aliphatic heterocycles. The summed E-state index contributed by atoms with van der Waals surface area (Å²) in [4.78, 5) is 0. The average Bonchev–Trinajstić information content (AvgIpc) is 2.37. The van der Waals surface area contributed by atoms with E-state index in [2.05, 4.69) is 19.9 Å². The third-order valence-corrected chi connectivity index (χ3v) is 3.45. The third-order valence-electron chi connectivity index (χ3n) is 3.45. The molecule has 100 valence electrons. The summed E-state index contributed by atoms with van der Waals surface area (Å²) in [5.41, 5.74) is 2.03. The highest BCUT2D eigenvalue weighted by molar-refractivity contribution is 5.54. The van der Waals surface area contributed by atoms with Crippen molar-refractivity contribution in [3.63, 3.8) is 0 Å². The van der Waals surface area contributed by atoms with Crippen LogP contribution in [-0.2, 0) is 5.41 Å². The van der Waals surface area contributed by atoms with Gasteiger partial charge in [0.15, 0.2) is 11.5 Å². The second-order valence-corrected chi connectivity index (χ2v) is 5.75. The fraction of sp³-hybridized carbons (Fsp3) is 0.600. The van der Waals surface area contributed by atoms with Gasteiger partial charge in [-0.3, -0.25) is 0 Å². The fourth-order valence-electron chi connectivity index (χ4n) is 2.39. The van der Waals surface area contributed by atoms with Crippen molar-refractivity contribution < 1.29 is 14.6 Å². The molecule has 0 amide bonds. The lowest BCUT2D eigenvalue weighted by molar-refractivity contribution is 0.167. The summed E-state index contributed by atoms with van der Waals surface area (Å²) in [6, 6.07) is 4.01. The molecule has 1 aromatic rings. The van der Waals surface area contributed by atoms with E-state index < -0.39 is 0 Å². The average molecular weight is 250 g/mol. The van der Waals surface area contributed by atoms with Gasteiger partial charge in [-0.1, -0.05) is 33.8 Å². The highest BCUT2D eigenvalue weighted by atomic mass is 16.6. The lowest BCUT2D eigenvalue weighted by atomic mass is 9.79. The quantitative estimate of drug-likeness (QED) is 0.896. The normalized spacial score (nSPS) is 15.0. The number of ether oxygens (including phenoxy) is 2. The second-order valence-electron chi connectivity index (χ2n) is 5.75. The Bertz CT molecular complexity index is 436. The van der Waals surface area contributed by atoms with Crippen LogP contribution in [0.3, 0.4) is 0 Å². The van der Waals surface area contributed by atoms with Gasteiger partial charge in [0.25, 0.3) is 0 Å². The second kappa shape index (κ2) is 4.81. The van der Waals surface area contributed by atoms with Crippen molar-refractivity contribution in [2.24, 2.45) is 0 Å². The van der Waals surface area contributed by atoms with Gasteiger partial charge in [0.2, 0.25) is 0 Å². The number of fused-ring (bicyclic) bond motifs is 1. The first-order valence-corrected chi connectivity index (χ1v) is 6.51. The summed E-state index contributed by atoms with van der Waals surface area (Å²) >= 11 is 0. The maximum Gasteiger partial charge on any atom is 0.165 e. The first-order valence-electron chi connectivity index (χ1n) is 6.51. The van der Waals surface area contributed by atoms with Gasteiger partial charge in [0.05, 0.1) is 6.61 Å². The number of aliphatic hydroxyl groups is 1. The molecule has 1 heterocycles. The van der Waals surface area contributed by atoms with Crippen LogP contribution in [0.5, 0.6) is 11.5 Å². The number of aliphatic hydroxyl groups excluding tert-OH is 1. The lowest BCUT2D eigenvalue weighted by Gasteiger charge is -2.31. The topological polar surface area (TPSA) is 38.7 Å². The molecule has 0 spiro atoms. The monoisotopic (exact) mass is 250 g/mol. The Morgan fingerprint density at radius 3 is 2.50 bits per heavy atom. The van der Waals surface area contributed by atoms with Gasteiger partial charge in [-0.25, -0.2) is 0 Å². The number of hydrogen-bond acceptors (Lipinski definition) is 3. The molecule has 0 radical (unpaired) electrons.